The Morgan fingerprint density at radius 3 is 2.45 bits per heavy atom. The first-order valence-electron chi connectivity index (χ1n) is 5.55. The van der Waals surface area contributed by atoms with Crippen LogP contribution in [0.1, 0.15) is 0 Å². The van der Waals surface area contributed by atoms with E-state index in [2.05, 4.69) is 15.2 Å². The van der Waals surface area contributed by atoms with Crippen molar-refractivity contribution in [2.45, 2.75) is 0 Å². The molecule has 2 heterocycles. The van der Waals surface area contributed by atoms with Crippen molar-refractivity contribution in [1.29, 1.82) is 0 Å². The van der Waals surface area contributed by atoms with Gasteiger partial charge in [0.2, 0.25) is 5.89 Å². The summed E-state index contributed by atoms with van der Waals surface area (Å²) in [4.78, 5) is 4.10. The minimum Gasteiger partial charge on any atom is -0.415 e. The van der Waals surface area contributed by atoms with Gasteiger partial charge in [-0.1, -0.05) is 40.9 Å². The Balaban J connectivity index is 2.02. The van der Waals surface area contributed by atoms with E-state index in [9.17, 15) is 0 Å². The van der Waals surface area contributed by atoms with Crippen molar-refractivity contribution in [2.24, 2.45) is 0 Å². The molecule has 2 aromatic heterocycles. The van der Waals surface area contributed by atoms with Gasteiger partial charge in [0.05, 0.1) is 10.6 Å². The number of halogens is 3. The Labute approximate surface area is 129 Å². The molecule has 0 aliphatic heterocycles. The van der Waals surface area contributed by atoms with Crippen LogP contribution in [0, 0.1) is 0 Å². The predicted octanol–water partition coefficient (Wildman–Crippen LogP) is 4.76. The molecule has 0 amide bonds. The molecule has 0 spiro atoms. The molecule has 1 aromatic carbocycles. The summed E-state index contributed by atoms with van der Waals surface area (Å²) in [6, 6.07) is 10.2. The highest BCUT2D eigenvalue weighted by atomic mass is 35.5. The Morgan fingerprint density at radius 1 is 0.900 bits per heavy atom. The van der Waals surface area contributed by atoms with Crippen molar-refractivity contribution in [2.75, 3.05) is 0 Å². The molecular weight excluding hydrogens is 321 g/mol. The molecule has 0 fully saturated rings. The minimum absolute atomic E-state index is 0.272. The molecular formula is C13H6Cl3N3O. The molecule has 3 rings (SSSR count). The summed E-state index contributed by atoms with van der Waals surface area (Å²) in [6.45, 7) is 0. The first-order chi connectivity index (χ1) is 9.63. The second-order valence-electron chi connectivity index (χ2n) is 3.88. The maximum absolute atomic E-state index is 6.10. The smallest absolute Gasteiger partial charge is 0.266 e. The normalized spacial score (nSPS) is 10.8. The van der Waals surface area contributed by atoms with Crippen molar-refractivity contribution in [3.8, 4) is 23.0 Å². The Kier molecular flexibility index (Phi) is 3.61. The third-order valence-electron chi connectivity index (χ3n) is 2.52. The lowest BCUT2D eigenvalue weighted by Gasteiger charge is -1.99. The first-order valence-corrected chi connectivity index (χ1v) is 6.69. The van der Waals surface area contributed by atoms with Gasteiger partial charge in [0, 0.05) is 5.02 Å². The number of hydrogen-bond acceptors (Lipinski definition) is 4. The number of hydrogen-bond donors (Lipinski definition) is 0. The molecule has 0 aliphatic carbocycles. The number of pyridine rings is 1. The van der Waals surface area contributed by atoms with Gasteiger partial charge in [-0.25, -0.2) is 4.98 Å². The van der Waals surface area contributed by atoms with Gasteiger partial charge in [-0.05, 0) is 30.3 Å². The van der Waals surface area contributed by atoms with Gasteiger partial charge in [0.15, 0.2) is 0 Å². The number of nitrogens with zero attached hydrogens (tertiary/aromatic N) is 3. The molecule has 0 saturated heterocycles. The van der Waals surface area contributed by atoms with Crippen LogP contribution in [0.3, 0.4) is 0 Å². The van der Waals surface area contributed by atoms with Gasteiger partial charge in [0.25, 0.3) is 5.89 Å². The zero-order chi connectivity index (χ0) is 14.1. The van der Waals surface area contributed by atoms with E-state index in [1.54, 1.807) is 36.4 Å². The predicted molar refractivity (Wildman–Crippen MR) is 78.0 cm³/mol. The van der Waals surface area contributed by atoms with E-state index < -0.39 is 0 Å². The third kappa shape index (κ3) is 2.63. The molecule has 0 atom stereocenters. The van der Waals surface area contributed by atoms with E-state index in [-0.39, 0.29) is 5.89 Å². The SMILES string of the molecule is Clc1ccc(-c2nnc(-c3cccc(Cl)n3)o2)c(Cl)c1. The third-order valence-corrected chi connectivity index (χ3v) is 3.28. The lowest BCUT2D eigenvalue weighted by atomic mass is 10.2. The quantitative estimate of drug-likeness (QED) is 0.637. The van der Waals surface area contributed by atoms with Crippen LogP contribution in [-0.4, -0.2) is 15.2 Å². The molecule has 0 unspecified atom stereocenters. The molecule has 4 nitrogen and oxygen atoms in total. The van der Waals surface area contributed by atoms with Gasteiger partial charge in [-0.15, -0.1) is 10.2 Å². The van der Waals surface area contributed by atoms with Crippen LogP contribution >= 0.6 is 34.8 Å². The van der Waals surface area contributed by atoms with Crippen LogP contribution in [0.2, 0.25) is 15.2 Å². The fourth-order valence-corrected chi connectivity index (χ4v) is 2.28. The van der Waals surface area contributed by atoms with Crippen LogP contribution < -0.4 is 0 Å². The van der Waals surface area contributed by atoms with Crippen molar-refractivity contribution >= 4 is 34.8 Å². The molecule has 0 saturated carbocycles. The molecule has 7 heteroatoms. The number of benzene rings is 1. The van der Waals surface area contributed by atoms with E-state index in [0.717, 1.165) is 0 Å². The lowest BCUT2D eigenvalue weighted by molar-refractivity contribution is 0.582. The van der Waals surface area contributed by atoms with Crippen LogP contribution in [0.25, 0.3) is 23.0 Å². The number of rotatable bonds is 2. The summed E-state index contributed by atoms with van der Waals surface area (Å²) < 4.78 is 5.56. The maximum Gasteiger partial charge on any atom is 0.266 e. The van der Waals surface area contributed by atoms with Gasteiger partial charge in [-0.3, -0.25) is 0 Å². The summed E-state index contributed by atoms with van der Waals surface area (Å²) >= 11 is 17.8. The Hall–Kier alpha value is -1.62. The van der Waals surface area contributed by atoms with Crippen LogP contribution in [0.4, 0.5) is 0 Å². The summed E-state index contributed by atoms with van der Waals surface area (Å²) in [5.74, 6) is 0.567. The average Bonchev–Trinajstić information content (AvgIpc) is 2.88. The molecule has 0 aliphatic rings. The minimum atomic E-state index is 0.272. The van der Waals surface area contributed by atoms with E-state index in [1.165, 1.54) is 0 Å². The molecule has 0 N–H and O–H groups in total. The standard InChI is InChI=1S/C13H6Cl3N3O/c14-7-4-5-8(9(15)6-7)12-18-19-13(20-12)10-2-1-3-11(16)17-10/h1-6H. The zero-order valence-electron chi connectivity index (χ0n) is 9.85. The fourth-order valence-electron chi connectivity index (χ4n) is 1.63. The summed E-state index contributed by atoms with van der Waals surface area (Å²) in [5, 5.41) is 9.22. The van der Waals surface area contributed by atoms with Crippen LogP contribution in [0.15, 0.2) is 40.8 Å². The van der Waals surface area contributed by atoms with E-state index in [1.807, 2.05) is 0 Å². The monoisotopic (exact) mass is 325 g/mol. The zero-order valence-corrected chi connectivity index (χ0v) is 12.1. The molecule has 3 aromatic rings. The highest BCUT2D eigenvalue weighted by molar-refractivity contribution is 6.36. The Bertz CT molecular complexity index is 773. The van der Waals surface area contributed by atoms with Crippen molar-refractivity contribution in [3.05, 3.63) is 51.6 Å². The van der Waals surface area contributed by atoms with Gasteiger partial charge < -0.3 is 4.42 Å². The van der Waals surface area contributed by atoms with E-state index >= 15 is 0 Å². The van der Waals surface area contributed by atoms with Gasteiger partial charge in [-0.2, -0.15) is 0 Å². The van der Waals surface area contributed by atoms with Gasteiger partial charge >= 0.3 is 0 Å². The molecule has 20 heavy (non-hydrogen) atoms. The van der Waals surface area contributed by atoms with Crippen molar-refractivity contribution < 1.29 is 4.42 Å². The summed E-state index contributed by atoms with van der Waals surface area (Å²) in [6.07, 6.45) is 0. The van der Waals surface area contributed by atoms with Gasteiger partial charge in [0.1, 0.15) is 10.8 Å². The van der Waals surface area contributed by atoms with Crippen molar-refractivity contribution in [1.82, 2.24) is 15.2 Å². The maximum atomic E-state index is 6.10. The molecule has 0 bridgehead atoms. The molecule has 100 valence electrons. The number of aromatic nitrogens is 3. The highest BCUT2D eigenvalue weighted by Gasteiger charge is 2.14. The average molecular weight is 327 g/mol. The van der Waals surface area contributed by atoms with Crippen LogP contribution in [-0.2, 0) is 0 Å². The fraction of sp³-hybridized carbons (Fsp3) is 0. The topological polar surface area (TPSA) is 51.8 Å². The van der Waals surface area contributed by atoms with Crippen molar-refractivity contribution in [3.63, 3.8) is 0 Å². The molecule has 0 radical (unpaired) electrons. The van der Waals surface area contributed by atoms with E-state index in [0.29, 0.717) is 32.3 Å². The second kappa shape index (κ2) is 5.40. The first kappa shape index (κ1) is 13.4. The largest absolute Gasteiger partial charge is 0.415 e. The highest BCUT2D eigenvalue weighted by Crippen LogP contribution is 2.30. The Morgan fingerprint density at radius 2 is 1.70 bits per heavy atom. The van der Waals surface area contributed by atoms with Crippen LogP contribution in [0.5, 0.6) is 0 Å². The lowest BCUT2D eigenvalue weighted by Crippen LogP contribution is -1.82. The van der Waals surface area contributed by atoms with E-state index in [4.69, 9.17) is 39.2 Å². The summed E-state index contributed by atoms with van der Waals surface area (Å²) in [7, 11) is 0. The summed E-state index contributed by atoms with van der Waals surface area (Å²) in [5.41, 5.74) is 1.11. The second-order valence-corrected chi connectivity index (χ2v) is 5.11.